The zero-order valence-corrected chi connectivity index (χ0v) is 12.8. The van der Waals surface area contributed by atoms with Gasteiger partial charge >= 0.3 is 0 Å². The Morgan fingerprint density at radius 1 is 1.47 bits per heavy atom. The first-order valence-electron chi connectivity index (χ1n) is 6.57. The Bertz CT molecular complexity index is 444. The third kappa shape index (κ3) is 3.79. The lowest BCUT2D eigenvalue weighted by molar-refractivity contribution is 0.411. The summed E-state index contributed by atoms with van der Waals surface area (Å²) < 4.78 is 0.320. The number of hydrogen-bond acceptors (Lipinski definition) is 5. The van der Waals surface area contributed by atoms with Crippen LogP contribution in [0, 0.1) is 0 Å². The number of hydrogen-bond donors (Lipinski definition) is 2. The molecule has 0 saturated heterocycles. The lowest BCUT2D eigenvalue weighted by Crippen LogP contribution is -2.36. The Hall–Kier alpha value is -0.880. The quantitative estimate of drug-likeness (QED) is 0.814. The molecule has 1 aliphatic rings. The molecule has 0 amide bonds. The summed E-state index contributed by atoms with van der Waals surface area (Å²) in [5.74, 6) is 0.615. The number of anilines is 1. The molecular formula is C13H20N4S2. The van der Waals surface area contributed by atoms with Crippen LogP contribution >= 0.6 is 24.0 Å². The molecule has 1 fully saturated rings. The number of nitrogens with one attached hydrogen (secondary N) is 1. The number of nitrogens with two attached hydrogens (primary N) is 1. The van der Waals surface area contributed by atoms with Gasteiger partial charge in [0.15, 0.2) is 0 Å². The van der Waals surface area contributed by atoms with Gasteiger partial charge in [0.05, 0.1) is 0 Å². The van der Waals surface area contributed by atoms with Crippen LogP contribution in [0.1, 0.15) is 37.8 Å². The van der Waals surface area contributed by atoms with Crippen LogP contribution in [0.3, 0.4) is 0 Å². The van der Waals surface area contributed by atoms with E-state index < -0.39 is 0 Å². The van der Waals surface area contributed by atoms with Crippen molar-refractivity contribution in [1.82, 2.24) is 9.97 Å². The number of aromatic nitrogens is 2. The fraction of sp³-hybridized carbons (Fsp3) is 0.615. The van der Waals surface area contributed by atoms with E-state index in [1.807, 2.05) is 11.8 Å². The van der Waals surface area contributed by atoms with Crippen LogP contribution in [-0.4, -0.2) is 32.5 Å². The molecule has 1 aromatic heterocycles. The molecule has 4 nitrogen and oxygen atoms in total. The van der Waals surface area contributed by atoms with Gasteiger partial charge in [-0.3, -0.25) is 0 Å². The molecule has 1 aliphatic carbocycles. The summed E-state index contributed by atoms with van der Waals surface area (Å²) in [5, 5.41) is 3.34. The van der Waals surface area contributed by atoms with Gasteiger partial charge in [-0.05, 0) is 25.2 Å². The van der Waals surface area contributed by atoms with E-state index in [4.69, 9.17) is 18.0 Å². The lowest BCUT2D eigenvalue weighted by Gasteiger charge is -2.35. The highest BCUT2D eigenvalue weighted by Gasteiger charge is 2.31. The number of rotatable bonds is 5. The van der Waals surface area contributed by atoms with E-state index in [-0.39, 0.29) is 0 Å². The smallest absolute Gasteiger partial charge is 0.223 e. The maximum absolute atomic E-state index is 5.58. The molecule has 0 aromatic carbocycles. The second-order valence-electron chi connectivity index (χ2n) is 4.93. The van der Waals surface area contributed by atoms with Crippen LogP contribution in [0.2, 0.25) is 0 Å². The average Bonchev–Trinajstić information content (AvgIpc) is 2.46. The third-order valence-corrected chi connectivity index (χ3v) is 5.30. The van der Waals surface area contributed by atoms with Crippen molar-refractivity contribution in [3.05, 3.63) is 18.0 Å². The molecule has 1 saturated carbocycles. The molecule has 0 atom stereocenters. The number of nitrogens with zero attached hydrogens (tertiary/aromatic N) is 2. The molecule has 0 bridgehead atoms. The summed E-state index contributed by atoms with van der Waals surface area (Å²) >= 11 is 6.89. The molecule has 0 aliphatic heterocycles. The van der Waals surface area contributed by atoms with Crippen molar-refractivity contribution < 1.29 is 0 Å². The maximum atomic E-state index is 5.58. The van der Waals surface area contributed by atoms with Crippen molar-refractivity contribution in [3.63, 3.8) is 0 Å². The molecule has 0 spiro atoms. The summed E-state index contributed by atoms with van der Waals surface area (Å²) in [7, 11) is 0. The number of thiocarbonyl (C=S) groups is 1. The average molecular weight is 296 g/mol. The van der Waals surface area contributed by atoms with E-state index >= 15 is 0 Å². The van der Waals surface area contributed by atoms with Crippen molar-refractivity contribution >= 4 is 34.9 Å². The van der Waals surface area contributed by atoms with Gasteiger partial charge in [0.25, 0.3) is 0 Å². The molecule has 19 heavy (non-hydrogen) atoms. The molecule has 2 rings (SSSR count). The third-order valence-electron chi connectivity index (χ3n) is 3.67. The normalized spacial score (nSPS) is 17.9. The summed E-state index contributed by atoms with van der Waals surface area (Å²) in [6.45, 7) is 0.898. The topological polar surface area (TPSA) is 63.8 Å². The summed E-state index contributed by atoms with van der Waals surface area (Å²) in [5.41, 5.74) is 6.20. The second kappa shape index (κ2) is 6.52. The van der Waals surface area contributed by atoms with Gasteiger partial charge in [0.2, 0.25) is 5.95 Å². The van der Waals surface area contributed by atoms with Gasteiger partial charge in [-0.1, -0.05) is 31.5 Å². The fourth-order valence-corrected chi connectivity index (χ4v) is 3.50. The van der Waals surface area contributed by atoms with Crippen molar-refractivity contribution in [2.24, 2.45) is 5.73 Å². The van der Waals surface area contributed by atoms with Crippen molar-refractivity contribution in [3.8, 4) is 0 Å². The summed E-state index contributed by atoms with van der Waals surface area (Å²) in [4.78, 5) is 8.86. The van der Waals surface area contributed by atoms with Gasteiger partial charge in [0, 0.05) is 17.5 Å². The van der Waals surface area contributed by atoms with Crippen LogP contribution in [-0.2, 0) is 0 Å². The molecule has 104 valence electrons. The van der Waals surface area contributed by atoms with E-state index in [0.29, 0.717) is 21.4 Å². The minimum Gasteiger partial charge on any atom is -0.388 e. The van der Waals surface area contributed by atoms with E-state index in [9.17, 15) is 0 Å². The van der Waals surface area contributed by atoms with Crippen LogP contribution in [0.5, 0.6) is 0 Å². The monoisotopic (exact) mass is 296 g/mol. The predicted molar refractivity (Wildman–Crippen MR) is 85.7 cm³/mol. The van der Waals surface area contributed by atoms with Crippen molar-refractivity contribution in [1.29, 1.82) is 0 Å². The van der Waals surface area contributed by atoms with Crippen molar-refractivity contribution in [2.75, 3.05) is 18.1 Å². The van der Waals surface area contributed by atoms with Crippen LogP contribution in [0.4, 0.5) is 5.95 Å². The first kappa shape index (κ1) is 14.5. The number of thioether (sulfide) groups is 1. The minimum absolute atomic E-state index is 0.308. The fourth-order valence-electron chi connectivity index (χ4n) is 2.47. The first-order chi connectivity index (χ1) is 9.15. The van der Waals surface area contributed by atoms with Crippen LogP contribution < -0.4 is 11.1 Å². The largest absolute Gasteiger partial charge is 0.388 e. The van der Waals surface area contributed by atoms with Crippen LogP contribution in [0.25, 0.3) is 0 Å². The van der Waals surface area contributed by atoms with E-state index in [1.54, 1.807) is 12.3 Å². The molecule has 0 radical (unpaired) electrons. The van der Waals surface area contributed by atoms with E-state index in [2.05, 4.69) is 21.5 Å². The van der Waals surface area contributed by atoms with Crippen LogP contribution in [0.15, 0.2) is 12.3 Å². The Morgan fingerprint density at radius 3 is 2.84 bits per heavy atom. The lowest BCUT2D eigenvalue weighted by atomic mass is 9.88. The maximum Gasteiger partial charge on any atom is 0.223 e. The molecule has 1 heterocycles. The van der Waals surface area contributed by atoms with E-state index in [0.717, 1.165) is 6.54 Å². The Morgan fingerprint density at radius 2 is 2.21 bits per heavy atom. The highest BCUT2D eigenvalue weighted by atomic mass is 32.2. The van der Waals surface area contributed by atoms with Gasteiger partial charge in [-0.2, -0.15) is 11.8 Å². The van der Waals surface area contributed by atoms with Gasteiger partial charge in [-0.25, -0.2) is 9.97 Å². The van der Waals surface area contributed by atoms with Gasteiger partial charge in [0.1, 0.15) is 10.7 Å². The minimum atomic E-state index is 0.308. The Labute approximate surface area is 124 Å². The highest BCUT2D eigenvalue weighted by Crippen LogP contribution is 2.38. The zero-order chi connectivity index (χ0) is 13.7. The standard InChI is InChI=1S/C13H20N4S2/c1-19-13(6-3-2-4-7-13)9-16-12-15-8-5-10(17-12)11(14)18/h5,8H,2-4,6-7,9H2,1H3,(H2,14,18)(H,15,16,17). The SMILES string of the molecule is CSC1(CNc2nccc(C(N)=S)n2)CCCCC1. The van der Waals surface area contributed by atoms with Crippen molar-refractivity contribution in [2.45, 2.75) is 36.9 Å². The molecular weight excluding hydrogens is 276 g/mol. The second-order valence-corrected chi connectivity index (χ2v) is 6.65. The summed E-state index contributed by atoms with van der Waals surface area (Å²) in [6, 6.07) is 1.73. The molecule has 3 N–H and O–H groups in total. The summed E-state index contributed by atoms with van der Waals surface area (Å²) in [6.07, 6.45) is 10.4. The molecule has 0 unspecified atom stereocenters. The van der Waals surface area contributed by atoms with Gasteiger partial charge in [-0.15, -0.1) is 0 Å². The zero-order valence-electron chi connectivity index (χ0n) is 11.2. The first-order valence-corrected chi connectivity index (χ1v) is 8.20. The van der Waals surface area contributed by atoms with E-state index in [1.165, 1.54) is 32.1 Å². The molecule has 1 aromatic rings. The Kier molecular flexibility index (Phi) is 4.99. The van der Waals surface area contributed by atoms with Gasteiger partial charge < -0.3 is 11.1 Å². The predicted octanol–water partition coefficient (Wildman–Crippen LogP) is 2.59. The molecule has 6 heteroatoms. The Balaban J connectivity index is 2.00. The highest BCUT2D eigenvalue weighted by molar-refractivity contribution is 8.00.